The van der Waals surface area contributed by atoms with Crippen molar-refractivity contribution in [3.63, 3.8) is 0 Å². The number of hydrogen-bond acceptors (Lipinski definition) is 4. The van der Waals surface area contributed by atoms with Gasteiger partial charge in [-0.2, -0.15) is 0 Å². The van der Waals surface area contributed by atoms with Gasteiger partial charge < -0.3 is 25.4 Å². The molecule has 0 aromatic heterocycles. The lowest BCUT2D eigenvalue weighted by molar-refractivity contribution is -0.123. The van der Waals surface area contributed by atoms with Crippen LogP contribution in [0, 0.1) is 0 Å². The highest BCUT2D eigenvalue weighted by atomic mass is 16.5. The van der Waals surface area contributed by atoms with Gasteiger partial charge in [-0.1, -0.05) is 30.3 Å². The fourth-order valence-corrected chi connectivity index (χ4v) is 2.78. The van der Waals surface area contributed by atoms with E-state index < -0.39 is 0 Å². The fourth-order valence-electron chi connectivity index (χ4n) is 2.78. The number of rotatable bonds is 11. The van der Waals surface area contributed by atoms with Crippen LogP contribution in [0.4, 0.5) is 0 Å². The molecule has 3 rings (SSSR count). The molecule has 0 aliphatic heterocycles. The first-order valence-electron chi connectivity index (χ1n) is 10.4. The van der Waals surface area contributed by atoms with Gasteiger partial charge in [0.05, 0.1) is 6.61 Å². The smallest absolute Gasteiger partial charge is 0.258 e. The predicted molar refractivity (Wildman–Crippen MR) is 118 cm³/mol. The first kappa shape index (κ1) is 21.5. The number of amides is 1. The molecule has 0 saturated heterocycles. The largest absolute Gasteiger partial charge is 0.494 e. The van der Waals surface area contributed by atoms with Crippen molar-refractivity contribution in [3.8, 4) is 11.5 Å². The molecule has 0 unspecified atom stereocenters. The Morgan fingerprint density at radius 3 is 2.60 bits per heavy atom. The molecule has 3 N–H and O–H groups in total. The summed E-state index contributed by atoms with van der Waals surface area (Å²) in [5.41, 5.74) is 1.05. The molecule has 0 bridgehead atoms. The molecule has 30 heavy (non-hydrogen) atoms. The van der Waals surface area contributed by atoms with Gasteiger partial charge in [-0.3, -0.25) is 9.79 Å². The number of aliphatic imine (C=N–C) groups is 1. The lowest BCUT2D eigenvalue weighted by Gasteiger charge is -2.13. The third kappa shape index (κ3) is 8.03. The van der Waals surface area contributed by atoms with E-state index in [9.17, 15) is 4.79 Å². The average Bonchev–Trinajstić information content (AvgIpc) is 3.59. The maximum atomic E-state index is 11.8. The average molecular weight is 411 g/mol. The number of para-hydroxylation sites is 1. The van der Waals surface area contributed by atoms with Crippen molar-refractivity contribution in [2.24, 2.45) is 4.99 Å². The van der Waals surface area contributed by atoms with E-state index in [2.05, 4.69) is 20.9 Å². The fraction of sp³-hybridized carbons (Fsp3) is 0.391. The van der Waals surface area contributed by atoms with E-state index in [0.29, 0.717) is 24.9 Å². The quantitative estimate of drug-likeness (QED) is 0.301. The molecule has 2 aromatic carbocycles. The van der Waals surface area contributed by atoms with Crippen LogP contribution in [-0.4, -0.2) is 44.7 Å². The van der Waals surface area contributed by atoms with Gasteiger partial charge >= 0.3 is 0 Å². The first-order chi connectivity index (χ1) is 14.7. The SMILES string of the molecule is CN=C(NCCCOc1ccccc1)NCc1cccc(OCC(=O)NC2CC2)c1. The van der Waals surface area contributed by atoms with Crippen LogP contribution >= 0.6 is 0 Å². The van der Waals surface area contributed by atoms with Gasteiger partial charge in [0, 0.05) is 26.2 Å². The summed E-state index contributed by atoms with van der Waals surface area (Å²) in [6.45, 7) is 2.04. The zero-order chi connectivity index (χ0) is 21.0. The Morgan fingerprint density at radius 1 is 1.03 bits per heavy atom. The number of nitrogens with one attached hydrogen (secondary N) is 3. The van der Waals surface area contributed by atoms with Gasteiger partial charge in [0.25, 0.3) is 5.91 Å². The lowest BCUT2D eigenvalue weighted by Crippen LogP contribution is -2.37. The number of benzene rings is 2. The summed E-state index contributed by atoms with van der Waals surface area (Å²) in [6, 6.07) is 17.8. The van der Waals surface area contributed by atoms with Crippen LogP contribution in [0.3, 0.4) is 0 Å². The maximum absolute atomic E-state index is 11.8. The van der Waals surface area contributed by atoms with Gasteiger partial charge in [0.2, 0.25) is 0 Å². The van der Waals surface area contributed by atoms with Gasteiger partial charge in [-0.05, 0) is 49.1 Å². The summed E-state index contributed by atoms with van der Waals surface area (Å²) in [5.74, 6) is 2.22. The van der Waals surface area contributed by atoms with Crippen LogP contribution in [0.15, 0.2) is 59.6 Å². The van der Waals surface area contributed by atoms with E-state index in [-0.39, 0.29) is 12.5 Å². The molecule has 7 heteroatoms. The Kier molecular flexibility index (Phi) is 8.38. The molecule has 160 valence electrons. The van der Waals surface area contributed by atoms with Gasteiger partial charge in [0.1, 0.15) is 11.5 Å². The minimum atomic E-state index is -0.0677. The molecule has 1 aliphatic carbocycles. The van der Waals surface area contributed by atoms with Crippen molar-refractivity contribution in [1.29, 1.82) is 0 Å². The van der Waals surface area contributed by atoms with Crippen LogP contribution in [-0.2, 0) is 11.3 Å². The molecule has 7 nitrogen and oxygen atoms in total. The zero-order valence-corrected chi connectivity index (χ0v) is 17.4. The maximum Gasteiger partial charge on any atom is 0.258 e. The monoisotopic (exact) mass is 410 g/mol. The number of hydrogen-bond donors (Lipinski definition) is 3. The van der Waals surface area contributed by atoms with Crippen LogP contribution in [0.25, 0.3) is 0 Å². The van der Waals surface area contributed by atoms with E-state index in [1.807, 2.05) is 54.6 Å². The summed E-state index contributed by atoms with van der Waals surface area (Å²) in [7, 11) is 1.74. The first-order valence-corrected chi connectivity index (χ1v) is 10.4. The van der Waals surface area contributed by atoms with Crippen molar-refractivity contribution in [1.82, 2.24) is 16.0 Å². The van der Waals surface area contributed by atoms with Crippen molar-refractivity contribution >= 4 is 11.9 Å². The molecular formula is C23H30N4O3. The highest BCUT2D eigenvalue weighted by Crippen LogP contribution is 2.18. The van der Waals surface area contributed by atoms with E-state index in [1.54, 1.807) is 7.05 Å². The van der Waals surface area contributed by atoms with Crippen LogP contribution in [0.2, 0.25) is 0 Å². The summed E-state index contributed by atoms with van der Waals surface area (Å²) in [6.07, 6.45) is 3.01. The second-order valence-corrected chi connectivity index (χ2v) is 7.15. The Labute approximate surface area is 177 Å². The number of ether oxygens (including phenoxy) is 2. The lowest BCUT2D eigenvalue weighted by atomic mass is 10.2. The van der Waals surface area contributed by atoms with Crippen molar-refractivity contribution in [2.75, 3.05) is 26.8 Å². The molecule has 0 spiro atoms. The molecule has 1 aliphatic rings. The molecule has 1 amide bonds. The van der Waals surface area contributed by atoms with E-state index in [1.165, 1.54) is 0 Å². The summed E-state index contributed by atoms with van der Waals surface area (Å²) in [5, 5.41) is 9.48. The molecule has 1 fully saturated rings. The van der Waals surface area contributed by atoms with Crippen molar-refractivity contribution in [3.05, 3.63) is 60.2 Å². The van der Waals surface area contributed by atoms with E-state index in [4.69, 9.17) is 9.47 Å². The van der Waals surface area contributed by atoms with Gasteiger partial charge in [-0.15, -0.1) is 0 Å². The molecule has 0 radical (unpaired) electrons. The normalized spacial score (nSPS) is 13.4. The number of nitrogens with zero attached hydrogens (tertiary/aromatic N) is 1. The Bertz CT molecular complexity index is 822. The molecular weight excluding hydrogens is 380 g/mol. The third-order valence-electron chi connectivity index (χ3n) is 4.52. The second kappa shape index (κ2) is 11.7. The molecule has 2 aromatic rings. The number of carbonyl (C=O) groups excluding carboxylic acids is 1. The summed E-state index contributed by atoms with van der Waals surface area (Å²) in [4.78, 5) is 16.0. The third-order valence-corrected chi connectivity index (χ3v) is 4.52. The van der Waals surface area contributed by atoms with E-state index >= 15 is 0 Å². The highest BCUT2D eigenvalue weighted by Gasteiger charge is 2.23. The zero-order valence-electron chi connectivity index (χ0n) is 17.4. The van der Waals surface area contributed by atoms with Crippen molar-refractivity contribution < 1.29 is 14.3 Å². The Balaban J connectivity index is 1.33. The van der Waals surface area contributed by atoms with E-state index in [0.717, 1.165) is 43.1 Å². The molecule has 0 heterocycles. The van der Waals surface area contributed by atoms with Crippen LogP contribution in [0.1, 0.15) is 24.8 Å². The standard InChI is InChI=1S/C23H30N4O3/c1-24-23(25-13-6-14-29-20-8-3-2-4-9-20)26-16-18-7-5-10-21(15-18)30-17-22(28)27-19-11-12-19/h2-5,7-10,15,19H,6,11-14,16-17H2,1H3,(H,27,28)(H2,24,25,26). The minimum Gasteiger partial charge on any atom is -0.494 e. The van der Waals surface area contributed by atoms with Crippen molar-refractivity contribution in [2.45, 2.75) is 31.8 Å². The molecule has 0 atom stereocenters. The second-order valence-electron chi connectivity index (χ2n) is 7.15. The predicted octanol–water partition coefficient (Wildman–Crippen LogP) is 2.48. The van der Waals surface area contributed by atoms with Gasteiger partial charge in [-0.25, -0.2) is 0 Å². The molecule has 1 saturated carbocycles. The van der Waals surface area contributed by atoms with Crippen LogP contribution in [0.5, 0.6) is 11.5 Å². The van der Waals surface area contributed by atoms with Gasteiger partial charge in [0.15, 0.2) is 12.6 Å². The summed E-state index contributed by atoms with van der Waals surface area (Å²) < 4.78 is 11.3. The summed E-state index contributed by atoms with van der Waals surface area (Å²) >= 11 is 0. The number of carbonyl (C=O) groups is 1. The highest BCUT2D eigenvalue weighted by molar-refractivity contribution is 5.79. The Morgan fingerprint density at radius 2 is 1.83 bits per heavy atom. The minimum absolute atomic E-state index is 0.0433. The Hall–Kier alpha value is -3.22. The topological polar surface area (TPSA) is 84.0 Å². The van der Waals surface area contributed by atoms with Crippen LogP contribution < -0.4 is 25.4 Å². The number of guanidine groups is 1.